The number of carboxylic acid groups (broad SMARTS) is 1. The molecule has 0 saturated heterocycles. The molecule has 1 aromatic heterocycles. The van der Waals surface area contributed by atoms with Crippen molar-refractivity contribution in [1.29, 1.82) is 0 Å². The number of carbonyl (C=O) groups is 1. The summed E-state index contributed by atoms with van der Waals surface area (Å²) in [7, 11) is 3.21. The molecule has 0 unspecified atom stereocenters. The second-order valence-corrected chi connectivity index (χ2v) is 7.05. The summed E-state index contributed by atoms with van der Waals surface area (Å²) in [5, 5.41) is 9.88. The molecule has 3 aromatic rings. The van der Waals surface area contributed by atoms with Crippen molar-refractivity contribution in [2.45, 2.75) is 19.3 Å². The zero-order valence-electron chi connectivity index (χ0n) is 15.3. The van der Waals surface area contributed by atoms with E-state index in [0.29, 0.717) is 24.3 Å². The minimum absolute atomic E-state index is 0.133. The van der Waals surface area contributed by atoms with Crippen LogP contribution in [0.5, 0.6) is 11.5 Å². The first kappa shape index (κ1) is 18.9. The largest absolute Gasteiger partial charge is 0.493 e. The average Bonchev–Trinajstić information content (AvgIpc) is 3.11. The smallest absolute Gasteiger partial charge is 0.303 e. The minimum Gasteiger partial charge on any atom is -0.493 e. The van der Waals surface area contributed by atoms with Gasteiger partial charge < -0.3 is 14.6 Å². The van der Waals surface area contributed by atoms with Crippen molar-refractivity contribution >= 4 is 39.2 Å². The average molecular weight is 383 g/mol. The molecule has 0 radical (unpaired) electrons. The van der Waals surface area contributed by atoms with E-state index in [9.17, 15) is 4.79 Å². The first-order valence-corrected chi connectivity index (χ1v) is 9.42. The van der Waals surface area contributed by atoms with Crippen molar-refractivity contribution in [3.05, 3.63) is 53.0 Å². The Morgan fingerprint density at radius 1 is 1.11 bits per heavy atom. The fraction of sp³-hybridized carbons (Fsp3) is 0.238. The number of fused-ring (bicyclic) bond motifs is 1. The van der Waals surface area contributed by atoms with Crippen molar-refractivity contribution in [3.63, 3.8) is 0 Å². The van der Waals surface area contributed by atoms with Crippen LogP contribution in [0.3, 0.4) is 0 Å². The Bertz CT molecular complexity index is 944. The van der Waals surface area contributed by atoms with Crippen LogP contribution >= 0.6 is 11.3 Å². The standard InChI is InChI=1S/C21H21NO4S/c1-25-17-11-10-14(13-18(17)26-2)12-15(6-5-9-20(23)24)21-22-16-7-3-4-8-19(16)27-21/h3-4,7-8,10-13H,5-6,9H2,1-2H3,(H,23,24)/b15-12+. The second kappa shape index (κ2) is 8.68. The maximum Gasteiger partial charge on any atom is 0.303 e. The summed E-state index contributed by atoms with van der Waals surface area (Å²) in [5.74, 6) is 0.535. The van der Waals surface area contributed by atoms with E-state index < -0.39 is 5.97 Å². The molecule has 6 heteroatoms. The van der Waals surface area contributed by atoms with Gasteiger partial charge in [-0.05, 0) is 54.3 Å². The van der Waals surface area contributed by atoms with Crippen LogP contribution in [0.4, 0.5) is 0 Å². The summed E-state index contributed by atoms with van der Waals surface area (Å²) >= 11 is 1.62. The van der Waals surface area contributed by atoms with E-state index in [1.807, 2.05) is 48.5 Å². The number of aromatic nitrogens is 1. The number of aliphatic carboxylic acids is 1. The zero-order valence-corrected chi connectivity index (χ0v) is 16.1. The quantitative estimate of drug-likeness (QED) is 0.585. The predicted octanol–water partition coefficient (Wildman–Crippen LogP) is 5.11. The zero-order chi connectivity index (χ0) is 19.2. The number of carboxylic acids is 1. The Morgan fingerprint density at radius 2 is 1.89 bits per heavy atom. The second-order valence-electron chi connectivity index (χ2n) is 6.02. The lowest BCUT2D eigenvalue weighted by Crippen LogP contribution is -1.95. The van der Waals surface area contributed by atoms with Crippen molar-refractivity contribution in [1.82, 2.24) is 4.98 Å². The van der Waals surface area contributed by atoms with Crippen LogP contribution in [0.25, 0.3) is 21.9 Å². The number of hydrogen-bond acceptors (Lipinski definition) is 5. The Morgan fingerprint density at radius 3 is 2.59 bits per heavy atom. The van der Waals surface area contributed by atoms with Crippen LogP contribution in [-0.2, 0) is 4.79 Å². The molecule has 0 amide bonds. The van der Waals surface area contributed by atoms with E-state index in [0.717, 1.165) is 26.4 Å². The molecule has 0 aliphatic heterocycles. The van der Waals surface area contributed by atoms with Gasteiger partial charge in [-0.2, -0.15) is 0 Å². The van der Waals surface area contributed by atoms with Gasteiger partial charge in [0.25, 0.3) is 0 Å². The van der Waals surface area contributed by atoms with Crippen molar-refractivity contribution in [2.75, 3.05) is 14.2 Å². The number of rotatable bonds is 8. The Labute approximate surface area is 161 Å². The molecule has 0 bridgehead atoms. The molecule has 0 aliphatic carbocycles. The number of allylic oxidation sites excluding steroid dienone is 1. The van der Waals surface area contributed by atoms with Gasteiger partial charge in [-0.25, -0.2) is 4.98 Å². The number of thiazole rings is 1. The first-order chi connectivity index (χ1) is 13.1. The normalized spacial score (nSPS) is 11.6. The molecule has 0 aliphatic rings. The fourth-order valence-corrected chi connectivity index (χ4v) is 3.83. The van der Waals surface area contributed by atoms with Crippen LogP contribution in [0.15, 0.2) is 42.5 Å². The van der Waals surface area contributed by atoms with E-state index in [4.69, 9.17) is 19.6 Å². The Balaban J connectivity index is 1.98. The van der Waals surface area contributed by atoms with Crippen LogP contribution < -0.4 is 9.47 Å². The number of ether oxygens (including phenoxy) is 2. The van der Waals surface area contributed by atoms with Crippen molar-refractivity contribution in [2.24, 2.45) is 0 Å². The molecule has 5 nitrogen and oxygen atoms in total. The SMILES string of the molecule is COc1ccc(/C=C(\CCCC(=O)O)c2nc3ccccc3s2)cc1OC. The van der Waals surface area contributed by atoms with Crippen LogP contribution in [0, 0.1) is 0 Å². The summed E-state index contributed by atoms with van der Waals surface area (Å²) in [6, 6.07) is 13.7. The Hall–Kier alpha value is -2.86. The summed E-state index contributed by atoms with van der Waals surface area (Å²) < 4.78 is 11.8. The Kier molecular flexibility index (Phi) is 6.08. The molecule has 0 spiro atoms. The molecular formula is C21H21NO4S. The summed E-state index contributed by atoms with van der Waals surface area (Å²) in [5.41, 5.74) is 2.93. The van der Waals surface area contributed by atoms with Gasteiger partial charge in [0.2, 0.25) is 0 Å². The predicted molar refractivity (Wildman–Crippen MR) is 109 cm³/mol. The summed E-state index contributed by atoms with van der Waals surface area (Å²) in [6.07, 6.45) is 3.38. The lowest BCUT2D eigenvalue weighted by atomic mass is 10.0. The molecule has 140 valence electrons. The molecule has 27 heavy (non-hydrogen) atoms. The van der Waals surface area contributed by atoms with Gasteiger partial charge in [0.1, 0.15) is 5.01 Å². The fourth-order valence-electron chi connectivity index (χ4n) is 2.82. The topological polar surface area (TPSA) is 68.7 Å². The monoisotopic (exact) mass is 383 g/mol. The highest BCUT2D eigenvalue weighted by molar-refractivity contribution is 7.19. The highest BCUT2D eigenvalue weighted by Crippen LogP contribution is 2.33. The van der Waals surface area contributed by atoms with Crippen LogP contribution in [0.1, 0.15) is 29.8 Å². The van der Waals surface area contributed by atoms with Gasteiger partial charge in [-0.3, -0.25) is 4.79 Å². The number of para-hydroxylation sites is 1. The van der Waals surface area contributed by atoms with Gasteiger partial charge >= 0.3 is 5.97 Å². The number of nitrogens with zero attached hydrogens (tertiary/aromatic N) is 1. The lowest BCUT2D eigenvalue weighted by molar-refractivity contribution is -0.137. The third kappa shape index (κ3) is 4.65. The van der Waals surface area contributed by atoms with E-state index in [1.165, 1.54) is 0 Å². The van der Waals surface area contributed by atoms with Gasteiger partial charge in [-0.15, -0.1) is 11.3 Å². The third-order valence-corrected chi connectivity index (χ3v) is 5.27. The molecule has 3 rings (SSSR count). The van der Waals surface area contributed by atoms with Crippen LogP contribution in [0.2, 0.25) is 0 Å². The lowest BCUT2D eigenvalue weighted by Gasteiger charge is -2.09. The summed E-state index contributed by atoms with van der Waals surface area (Å²) in [6.45, 7) is 0. The molecule has 0 fully saturated rings. The van der Waals surface area contributed by atoms with E-state index in [-0.39, 0.29) is 6.42 Å². The van der Waals surface area contributed by atoms with Gasteiger partial charge in [0, 0.05) is 6.42 Å². The maximum absolute atomic E-state index is 10.9. The van der Waals surface area contributed by atoms with E-state index in [2.05, 4.69) is 0 Å². The molecule has 1 heterocycles. The highest BCUT2D eigenvalue weighted by atomic mass is 32.1. The molecular weight excluding hydrogens is 362 g/mol. The molecule has 0 saturated carbocycles. The van der Waals surface area contributed by atoms with Gasteiger partial charge in [0.15, 0.2) is 11.5 Å². The number of methoxy groups -OCH3 is 2. The first-order valence-electron chi connectivity index (χ1n) is 8.61. The molecule has 1 N–H and O–H groups in total. The summed E-state index contributed by atoms with van der Waals surface area (Å²) in [4.78, 5) is 15.6. The highest BCUT2D eigenvalue weighted by Gasteiger charge is 2.11. The number of hydrogen-bond donors (Lipinski definition) is 1. The van der Waals surface area contributed by atoms with Crippen molar-refractivity contribution in [3.8, 4) is 11.5 Å². The van der Waals surface area contributed by atoms with Crippen LogP contribution in [-0.4, -0.2) is 30.3 Å². The van der Waals surface area contributed by atoms with E-state index in [1.54, 1.807) is 25.6 Å². The van der Waals surface area contributed by atoms with Gasteiger partial charge in [0.05, 0.1) is 24.4 Å². The van der Waals surface area contributed by atoms with Gasteiger partial charge in [-0.1, -0.05) is 18.2 Å². The molecule has 0 atom stereocenters. The number of benzene rings is 2. The molecule has 2 aromatic carbocycles. The van der Waals surface area contributed by atoms with E-state index >= 15 is 0 Å². The van der Waals surface area contributed by atoms with Crippen molar-refractivity contribution < 1.29 is 19.4 Å². The minimum atomic E-state index is -0.787. The third-order valence-electron chi connectivity index (χ3n) is 4.15. The maximum atomic E-state index is 10.9.